The molecule has 4 nitrogen and oxygen atoms in total. The van der Waals surface area contributed by atoms with Crippen LogP contribution in [0.25, 0.3) is 10.9 Å². The predicted molar refractivity (Wildman–Crippen MR) is 71.7 cm³/mol. The number of hydrogen-bond acceptors (Lipinski definition) is 3. The molecule has 0 aliphatic carbocycles. The molecule has 0 fully saturated rings. The van der Waals surface area contributed by atoms with E-state index < -0.39 is 0 Å². The second-order valence-corrected chi connectivity index (χ2v) is 4.87. The number of esters is 1. The van der Waals surface area contributed by atoms with Crippen LogP contribution < -0.4 is 0 Å². The lowest BCUT2D eigenvalue weighted by atomic mass is 10.1. The van der Waals surface area contributed by atoms with Crippen molar-refractivity contribution in [1.29, 1.82) is 0 Å². The van der Waals surface area contributed by atoms with Crippen molar-refractivity contribution in [1.82, 2.24) is 4.57 Å². The highest BCUT2D eigenvalue weighted by molar-refractivity contribution is 9.10. The zero-order valence-corrected chi connectivity index (χ0v) is 11.7. The Morgan fingerprint density at radius 3 is 2.72 bits per heavy atom. The molecular weight excluding hydrogens is 298 g/mol. The van der Waals surface area contributed by atoms with Gasteiger partial charge in [-0.3, -0.25) is 14.2 Å². The molecule has 0 atom stereocenters. The van der Waals surface area contributed by atoms with Gasteiger partial charge in [-0.2, -0.15) is 0 Å². The molecule has 0 radical (unpaired) electrons. The maximum atomic E-state index is 11.5. The first-order chi connectivity index (χ1) is 8.52. The van der Waals surface area contributed by atoms with E-state index in [2.05, 4.69) is 20.7 Å². The number of rotatable bonds is 2. The second-order valence-electron chi connectivity index (χ2n) is 3.96. The molecular formula is C13H12BrNO3. The van der Waals surface area contributed by atoms with Crippen LogP contribution in [-0.2, 0) is 16.0 Å². The van der Waals surface area contributed by atoms with Gasteiger partial charge < -0.3 is 4.74 Å². The first-order valence-electron chi connectivity index (χ1n) is 5.40. The second kappa shape index (κ2) is 4.94. The summed E-state index contributed by atoms with van der Waals surface area (Å²) >= 11 is 3.39. The summed E-state index contributed by atoms with van der Waals surface area (Å²) in [4.78, 5) is 22.9. The summed E-state index contributed by atoms with van der Waals surface area (Å²) in [7, 11) is 1.35. The molecule has 0 saturated heterocycles. The summed E-state index contributed by atoms with van der Waals surface area (Å²) in [6, 6.07) is 5.61. The summed E-state index contributed by atoms with van der Waals surface area (Å²) in [5.41, 5.74) is 1.58. The van der Waals surface area contributed by atoms with Crippen LogP contribution in [0.2, 0.25) is 0 Å². The SMILES string of the molecule is COC(=O)Cc1cn(C(C)=O)c2ccc(Br)cc12. The van der Waals surface area contributed by atoms with Crippen molar-refractivity contribution in [3.05, 3.63) is 34.4 Å². The minimum atomic E-state index is -0.322. The molecule has 2 rings (SSSR count). The lowest BCUT2D eigenvalue weighted by Gasteiger charge is -1.99. The molecule has 0 bridgehead atoms. The molecule has 0 spiro atoms. The number of fused-ring (bicyclic) bond motifs is 1. The van der Waals surface area contributed by atoms with Crippen LogP contribution in [0.15, 0.2) is 28.9 Å². The van der Waals surface area contributed by atoms with Crippen LogP contribution in [0, 0.1) is 0 Å². The van der Waals surface area contributed by atoms with E-state index in [1.165, 1.54) is 14.0 Å². The van der Waals surface area contributed by atoms with Gasteiger partial charge in [-0.1, -0.05) is 15.9 Å². The van der Waals surface area contributed by atoms with E-state index >= 15 is 0 Å². The predicted octanol–water partition coefficient (Wildman–Crippen LogP) is 2.78. The van der Waals surface area contributed by atoms with Crippen molar-refractivity contribution < 1.29 is 14.3 Å². The Morgan fingerprint density at radius 2 is 2.11 bits per heavy atom. The number of halogens is 1. The first kappa shape index (κ1) is 12.8. The number of aromatic nitrogens is 1. The van der Waals surface area contributed by atoms with Gasteiger partial charge >= 0.3 is 5.97 Å². The van der Waals surface area contributed by atoms with Gasteiger partial charge in [-0.25, -0.2) is 0 Å². The van der Waals surface area contributed by atoms with E-state index in [0.717, 1.165) is 20.9 Å². The number of ether oxygens (including phenoxy) is 1. The van der Waals surface area contributed by atoms with Crippen LogP contribution in [-0.4, -0.2) is 23.6 Å². The fourth-order valence-electron chi connectivity index (χ4n) is 1.90. The standard InChI is InChI=1S/C13H12BrNO3/c1-8(16)15-7-9(5-13(17)18-2)11-6-10(14)3-4-12(11)15/h3-4,6-7H,5H2,1-2H3. The van der Waals surface area contributed by atoms with Gasteiger partial charge in [0.2, 0.25) is 5.91 Å². The third-order valence-corrected chi connectivity index (χ3v) is 3.24. The summed E-state index contributed by atoms with van der Waals surface area (Å²) in [5, 5.41) is 0.880. The maximum Gasteiger partial charge on any atom is 0.310 e. The number of hydrogen-bond donors (Lipinski definition) is 0. The molecule has 2 aromatic rings. The average molecular weight is 310 g/mol. The molecule has 0 saturated carbocycles. The number of methoxy groups -OCH3 is 1. The van der Waals surface area contributed by atoms with Gasteiger partial charge in [0, 0.05) is 23.0 Å². The molecule has 1 aromatic carbocycles. The van der Waals surface area contributed by atoms with Crippen molar-refractivity contribution in [2.75, 3.05) is 7.11 Å². The molecule has 5 heteroatoms. The van der Waals surface area contributed by atoms with E-state index in [-0.39, 0.29) is 18.3 Å². The van der Waals surface area contributed by atoms with Gasteiger partial charge in [0.15, 0.2) is 0 Å². The zero-order valence-electron chi connectivity index (χ0n) is 10.1. The van der Waals surface area contributed by atoms with Crippen LogP contribution >= 0.6 is 15.9 Å². The minimum Gasteiger partial charge on any atom is -0.469 e. The van der Waals surface area contributed by atoms with E-state index in [0.29, 0.717) is 0 Å². The number of nitrogens with zero attached hydrogens (tertiary/aromatic N) is 1. The topological polar surface area (TPSA) is 48.3 Å². The largest absolute Gasteiger partial charge is 0.469 e. The molecule has 0 aliphatic rings. The summed E-state index contributed by atoms with van der Waals surface area (Å²) in [6.45, 7) is 1.49. The zero-order chi connectivity index (χ0) is 13.3. The van der Waals surface area contributed by atoms with Crippen molar-refractivity contribution in [3.63, 3.8) is 0 Å². The molecule has 94 valence electrons. The maximum absolute atomic E-state index is 11.5. The monoisotopic (exact) mass is 309 g/mol. The molecule has 0 unspecified atom stereocenters. The van der Waals surface area contributed by atoms with Crippen molar-refractivity contribution in [3.8, 4) is 0 Å². The summed E-state index contributed by atoms with van der Waals surface area (Å²) < 4.78 is 7.10. The molecule has 0 amide bonds. The molecule has 0 N–H and O–H groups in total. The Bertz CT molecular complexity index is 630. The Labute approximate surface area is 113 Å². The highest BCUT2D eigenvalue weighted by atomic mass is 79.9. The third-order valence-electron chi connectivity index (χ3n) is 2.75. The summed E-state index contributed by atoms with van der Waals surface area (Å²) in [6.07, 6.45) is 1.85. The van der Waals surface area contributed by atoms with Gasteiger partial charge in [0.05, 0.1) is 19.0 Å². The van der Waals surface area contributed by atoms with Crippen molar-refractivity contribution in [2.24, 2.45) is 0 Å². The normalized spacial score (nSPS) is 10.6. The lowest BCUT2D eigenvalue weighted by molar-refractivity contribution is -0.139. The van der Waals surface area contributed by atoms with E-state index in [4.69, 9.17) is 0 Å². The Balaban J connectivity index is 2.61. The lowest BCUT2D eigenvalue weighted by Crippen LogP contribution is -2.05. The fraction of sp³-hybridized carbons (Fsp3) is 0.231. The Kier molecular flexibility index (Phi) is 3.52. The van der Waals surface area contributed by atoms with Crippen LogP contribution in [0.3, 0.4) is 0 Å². The smallest absolute Gasteiger partial charge is 0.310 e. The van der Waals surface area contributed by atoms with Gasteiger partial charge in [0.1, 0.15) is 0 Å². The molecule has 1 aromatic heterocycles. The minimum absolute atomic E-state index is 0.0848. The van der Waals surface area contributed by atoms with Gasteiger partial charge in [0.25, 0.3) is 0 Å². The quantitative estimate of drug-likeness (QED) is 0.801. The highest BCUT2D eigenvalue weighted by Crippen LogP contribution is 2.25. The average Bonchev–Trinajstić information content (AvgIpc) is 2.67. The Hall–Kier alpha value is -1.62. The molecule has 0 aliphatic heterocycles. The summed E-state index contributed by atoms with van der Waals surface area (Å²) in [5.74, 6) is -0.406. The first-order valence-corrected chi connectivity index (χ1v) is 6.19. The Morgan fingerprint density at radius 1 is 1.39 bits per heavy atom. The van der Waals surface area contributed by atoms with Gasteiger partial charge in [-0.05, 0) is 23.8 Å². The van der Waals surface area contributed by atoms with E-state index in [9.17, 15) is 9.59 Å². The molecule has 18 heavy (non-hydrogen) atoms. The number of benzene rings is 1. The molecule has 1 heterocycles. The van der Waals surface area contributed by atoms with E-state index in [1.54, 1.807) is 10.8 Å². The van der Waals surface area contributed by atoms with Crippen molar-refractivity contribution >= 4 is 38.7 Å². The third kappa shape index (κ3) is 2.31. The van der Waals surface area contributed by atoms with Crippen LogP contribution in [0.5, 0.6) is 0 Å². The van der Waals surface area contributed by atoms with Crippen LogP contribution in [0.1, 0.15) is 17.3 Å². The number of carbonyl (C=O) groups excluding carboxylic acids is 2. The van der Waals surface area contributed by atoms with E-state index in [1.807, 2.05) is 18.2 Å². The van der Waals surface area contributed by atoms with Crippen molar-refractivity contribution in [2.45, 2.75) is 13.3 Å². The highest BCUT2D eigenvalue weighted by Gasteiger charge is 2.14. The van der Waals surface area contributed by atoms with Crippen LogP contribution in [0.4, 0.5) is 0 Å². The van der Waals surface area contributed by atoms with Gasteiger partial charge in [-0.15, -0.1) is 0 Å². The number of carbonyl (C=O) groups is 2. The fourth-order valence-corrected chi connectivity index (χ4v) is 2.26.